The third-order valence-corrected chi connectivity index (χ3v) is 3.30. The van der Waals surface area contributed by atoms with E-state index in [9.17, 15) is 0 Å². The van der Waals surface area contributed by atoms with E-state index in [1.807, 2.05) is 12.3 Å². The predicted molar refractivity (Wildman–Crippen MR) is 75.3 cm³/mol. The summed E-state index contributed by atoms with van der Waals surface area (Å²) in [6.07, 6.45) is 1.89. The van der Waals surface area contributed by atoms with E-state index in [2.05, 4.69) is 62.2 Å². The number of thioether (sulfide) groups is 1. The Balaban J connectivity index is 2.29. The fourth-order valence-corrected chi connectivity index (χ4v) is 2.52. The molecule has 0 radical (unpaired) electrons. The summed E-state index contributed by atoms with van der Waals surface area (Å²) in [5.41, 5.74) is 2.47. The number of hydrogen-bond donors (Lipinski definition) is 0. The van der Waals surface area contributed by atoms with Gasteiger partial charge in [0.1, 0.15) is 0 Å². The molecular weight excluding hydrogens is 226 g/mol. The summed E-state index contributed by atoms with van der Waals surface area (Å²) in [7, 11) is 0. The number of nitrogens with zero attached hydrogens (tertiary/aromatic N) is 1. The van der Waals surface area contributed by atoms with Gasteiger partial charge in [0.25, 0.3) is 0 Å². The van der Waals surface area contributed by atoms with Gasteiger partial charge < -0.3 is 0 Å². The fourth-order valence-electron chi connectivity index (χ4n) is 1.59. The van der Waals surface area contributed by atoms with Crippen LogP contribution in [-0.4, -0.2) is 9.73 Å². The van der Waals surface area contributed by atoms with Crippen LogP contribution in [0.2, 0.25) is 0 Å². The monoisotopic (exact) mass is 243 g/mol. The van der Waals surface area contributed by atoms with Crippen molar-refractivity contribution in [3.05, 3.63) is 48.7 Å². The van der Waals surface area contributed by atoms with E-state index in [4.69, 9.17) is 0 Å². The van der Waals surface area contributed by atoms with Gasteiger partial charge in [-0.05, 0) is 23.3 Å². The fraction of sp³-hybridized carbons (Fsp3) is 0.267. The van der Waals surface area contributed by atoms with Crippen LogP contribution in [-0.2, 0) is 0 Å². The molecule has 2 heteroatoms. The summed E-state index contributed by atoms with van der Waals surface area (Å²) in [4.78, 5) is 4.41. The summed E-state index contributed by atoms with van der Waals surface area (Å²) in [6.45, 7) is 6.61. The lowest BCUT2D eigenvalue weighted by atomic mass is 10.1. The van der Waals surface area contributed by atoms with Crippen molar-refractivity contribution in [1.29, 1.82) is 0 Å². The van der Waals surface area contributed by atoms with Crippen molar-refractivity contribution in [2.24, 2.45) is 0 Å². The van der Waals surface area contributed by atoms with Crippen LogP contribution in [0.5, 0.6) is 0 Å². The van der Waals surface area contributed by atoms with Gasteiger partial charge in [-0.1, -0.05) is 51.1 Å². The SMILES string of the molecule is CC(C)(C)Sc1cc(-c2ccccc2)ccn1. The minimum atomic E-state index is 0.197. The zero-order chi connectivity index (χ0) is 12.3. The maximum Gasteiger partial charge on any atom is 0.0971 e. The highest BCUT2D eigenvalue weighted by Gasteiger charge is 2.13. The Morgan fingerprint density at radius 3 is 2.29 bits per heavy atom. The van der Waals surface area contributed by atoms with Gasteiger partial charge in [-0.25, -0.2) is 4.98 Å². The van der Waals surface area contributed by atoms with Gasteiger partial charge in [-0.3, -0.25) is 0 Å². The average Bonchev–Trinajstić information content (AvgIpc) is 2.28. The normalized spacial score (nSPS) is 11.5. The van der Waals surface area contributed by atoms with Gasteiger partial charge in [0, 0.05) is 10.9 Å². The third-order valence-electron chi connectivity index (χ3n) is 2.25. The van der Waals surface area contributed by atoms with Crippen molar-refractivity contribution in [2.75, 3.05) is 0 Å². The van der Waals surface area contributed by atoms with Crippen LogP contribution in [0.25, 0.3) is 11.1 Å². The first-order valence-corrected chi connectivity index (χ1v) is 6.57. The Kier molecular flexibility index (Phi) is 3.53. The molecule has 0 amide bonds. The van der Waals surface area contributed by atoms with Crippen LogP contribution in [0.1, 0.15) is 20.8 Å². The van der Waals surface area contributed by atoms with Crippen LogP contribution in [0.15, 0.2) is 53.7 Å². The molecule has 0 saturated carbocycles. The summed E-state index contributed by atoms with van der Waals surface area (Å²) in [5.74, 6) is 0. The molecule has 0 N–H and O–H groups in total. The number of hydrogen-bond acceptors (Lipinski definition) is 2. The maximum atomic E-state index is 4.41. The Labute approximate surface area is 107 Å². The van der Waals surface area contributed by atoms with E-state index >= 15 is 0 Å². The van der Waals surface area contributed by atoms with Crippen LogP contribution in [0.3, 0.4) is 0 Å². The van der Waals surface area contributed by atoms with Crippen LogP contribution in [0.4, 0.5) is 0 Å². The minimum absolute atomic E-state index is 0.197. The zero-order valence-corrected chi connectivity index (χ0v) is 11.3. The molecule has 2 aromatic rings. The lowest BCUT2D eigenvalue weighted by Gasteiger charge is -2.17. The molecule has 1 aromatic carbocycles. The van der Waals surface area contributed by atoms with Crippen LogP contribution in [0, 0.1) is 0 Å². The van der Waals surface area contributed by atoms with Crippen molar-refractivity contribution in [3.8, 4) is 11.1 Å². The molecule has 0 atom stereocenters. The lowest BCUT2D eigenvalue weighted by Crippen LogP contribution is -2.07. The van der Waals surface area contributed by atoms with E-state index < -0.39 is 0 Å². The van der Waals surface area contributed by atoms with Gasteiger partial charge in [-0.2, -0.15) is 0 Å². The first kappa shape index (κ1) is 12.2. The Bertz CT molecular complexity index is 486. The van der Waals surface area contributed by atoms with E-state index in [-0.39, 0.29) is 4.75 Å². The van der Waals surface area contributed by atoms with Gasteiger partial charge in [0.15, 0.2) is 0 Å². The molecule has 2 rings (SSSR count). The second-order valence-electron chi connectivity index (χ2n) is 4.96. The molecule has 0 fully saturated rings. The number of benzene rings is 1. The number of aromatic nitrogens is 1. The maximum absolute atomic E-state index is 4.41. The van der Waals surface area contributed by atoms with Crippen molar-refractivity contribution < 1.29 is 0 Å². The second kappa shape index (κ2) is 4.92. The molecule has 1 heterocycles. The molecule has 1 aromatic heterocycles. The Hall–Kier alpha value is -1.28. The first-order chi connectivity index (χ1) is 8.04. The predicted octanol–water partition coefficient (Wildman–Crippen LogP) is 4.64. The average molecular weight is 243 g/mol. The number of pyridine rings is 1. The van der Waals surface area contributed by atoms with Gasteiger partial charge >= 0.3 is 0 Å². The van der Waals surface area contributed by atoms with E-state index in [1.165, 1.54) is 11.1 Å². The molecule has 0 spiro atoms. The zero-order valence-electron chi connectivity index (χ0n) is 10.5. The van der Waals surface area contributed by atoms with E-state index in [1.54, 1.807) is 11.8 Å². The van der Waals surface area contributed by atoms with Gasteiger partial charge in [-0.15, -0.1) is 11.8 Å². The van der Waals surface area contributed by atoms with E-state index in [0.717, 1.165) is 5.03 Å². The Morgan fingerprint density at radius 2 is 1.65 bits per heavy atom. The molecule has 0 aliphatic carbocycles. The minimum Gasteiger partial charge on any atom is -0.250 e. The molecule has 17 heavy (non-hydrogen) atoms. The van der Waals surface area contributed by atoms with E-state index in [0.29, 0.717) is 0 Å². The molecule has 0 unspecified atom stereocenters. The van der Waals surface area contributed by atoms with Crippen LogP contribution >= 0.6 is 11.8 Å². The van der Waals surface area contributed by atoms with Crippen LogP contribution < -0.4 is 0 Å². The van der Waals surface area contributed by atoms with Crippen molar-refractivity contribution >= 4 is 11.8 Å². The summed E-state index contributed by atoms with van der Waals surface area (Å²) in [6, 6.07) is 14.6. The molecule has 0 bridgehead atoms. The summed E-state index contributed by atoms with van der Waals surface area (Å²) >= 11 is 1.80. The van der Waals surface area contributed by atoms with Crippen molar-refractivity contribution in [2.45, 2.75) is 30.5 Å². The van der Waals surface area contributed by atoms with Crippen molar-refractivity contribution in [1.82, 2.24) is 4.98 Å². The molecule has 1 nitrogen and oxygen atoms in total. The topological polar surface area (TPSA) is 12.9 Å². The molecular formula is C15H17NS. The third kappa shape index (κ3) is 3.60. The molecule has 0 saturated heterocycles. The standard InChI is InChI=1S/C15H17NS/c1-15(2,3)17-14-11-13(9-10-16-14)12-7-5-4-6-8-12/h4-11H,1-3H3. The summed E-state index contributed by atoms with van der Waals surface area (Å²) in [5, 5.41) is 1.08. The smallest absolute Gasteiger partial charge is 0.0971 e. The molecule has 0 aliphatic heterocycles. The largest absolute Gasteiger partial charge is 0.250 e. The molecule has 88 valence electrons. The first-order valence-electron chi connectivity index (χ1n) is 5.75. The highest BCUT2D eigenvalue weighted by atomic mass is 32.2. The second-order valence-corrected chi connectivity index (χ2v) is 6.81. The van der Waals surface area contributed by atoms with Gasteiger partial charge in [0.05, 0.1) is 5.03 Å². The number of rotatable bonds is 2. The molecule has 0 aliphatic rings. The quantitative estimate of drug-likeness (QED) is 0.713. The lowest BCUT2D eigenvalue weighted by molar-refractivity contribution is 0.799. The summed E-state index contributed by atoms with van der Waals surface area (Å²) < 4.78 is 0.197. The highest BCUT2D eigenvalue weighted by molar-refractivity contribution is 8.00. The highest BCUT2D eigenvalue weighted by Crippen LogP contribution is 2.32. The Morgan fingerprint density at radius 1 is 0.941 bits per heavy atom. The van der Waals surface area contributed by atoms with Gasteiger partial charge in [0.2, 0.25) is 0 Å². The van der Waals surface area contributed by atoms with Crippen molar-refractivity contribution in [3.63, 3.8) is 0 Å².